The van der Waals surface area contributed by atoms with Gasteiger partial charge in [0, 0.05) is 12.3 Å². The van der Waals surface area contributed by atoms with Crippen molar-refractivity contribution < 1.29 is 4.79 Å². The van der Waals surface area contributed by atoms with Crippen molar-refractivity contribution in [2.45, 2.75) is 19.4 Å². The van der Waals surface area contributed by atoms with Crippen LogP contribution in [0.3, 0.4) is 0 Å². The van der Waals surface area contributed by atoms with E-state index in [0.29, 0.717) is 17.3 Å². The number of hydrogen-bond acceptors (Lipinski definition) is 2. The normalized spacial score (nSPS) is 12.8. The highest BCUT2D eigenvalue weighted by molar-refractivity contribution is 6.35. The van der Waals surface area contributed by atoms with Gasteiger partial charge in [0.15, 0.2) is 0 Å². The third kappa shape index (κ3) is 2.18. The summed E-state index contributed by atoms with van der Waals surface area (Å²) in [7, 11) is 0. The molecule has 0 bridgehead atoms. The van der Waals surface area contributed by atoms with Gasteiger partial charge in [0.05, 0.1) is 16.1 Å². The Labute approximate surface area is 115 Å². The highest BCUT2D eigenvalue weighted by Crippen LogP contribution is 2.28. The molecule has 2 N–H and O–H groups in total. The molecule has 2 aromatic rings. The average Bonchev–Trinajstić information content (AvgIpc) is 2.68. The van der Waals surface area contributed by atoms with Crippen LogP contribution in [-0.2, 0) is 11.2 Å². The number of aromatic nitrogens is 2. The van der Waals surface area contributed by atoms with E-state index in [9.17, 15) is 4.79 Å². The van der Waals surface area contributed by atoms with Crippen molar-refractivity contribution in [1.29, 1.82) is 0 Å². The maximum Gasteiger partial charge on any atom is 0.240 e. The largest absolute Gasteiger partial charge is 0.368 e. The monoisotopic (exact) mass is 285 g/mol. The third-order valence-electron chi connectivity index (χ3n) is 2.85. The van der Waals surface area contributed by atoms with E-state index < -0.39 is 11.9 Å². The number of aryl methyl sites for hydroxylation is 1. The van der Waals surface area contributed by atoms with Crippen LogP contribution in [0, 0.1) is 0 Å². The second kappa shape index (κ2) is 5.16. The van der Waals surface area contributed by atoms with Gasteiger partial charge >= 0.3 is 0 Å². The van der Waals surface area contributed by atoms with E-state index in [0.717, 1.165) is 16.9 Å². The summed E-state index contributed by atoms with van der Waals surface area (Å²) in [6, 6.07) is 4.93. The molecule has 0 saturated heterocycles. The lowest BCUT2D eigenvalue weighted by molar-refractivity contribution is -0.120. The van der Waals surface area contributed by atoms with Crippen molar-refractivity contribution in [3.05, 3.63) is 29.0 Å². The lowest BCUT2D eigenvalue weighted by Gasteiger charge is -2.14. The van der Waals surface area contributed by atoms with Gasteiger partial charge in [-0.2, -0.15) is 0 Å². The van der Waals surface area contributed by atoms with Crippen molar-refractivity contribution in [3.63, 3.8) is 0 Å². The molecular weight excluding hydrogens is 273 g/mol. The zero-order valence-electron chi connectivity index (χ0n) is 9.86. The summed E-state index contributed by atoms with van der Waals surface area (Å²) in [6.45, 7) is 1.73. The Morgan fingerprint density at radius 2 is 2.28 bits per heavy atom. The SMILES string of the molecule is CC(C(N)=O)n1c(CCCl)nc2cccc(Cl)c21. The average molecular weight is 286 g/mol. The van der Waals surface area contributed by atoms with Crippen LogP contribution in [0.4, 0.5) is 0 Å². The van der Waals surface area contributed by atoms with Gasteiger partial charge in [0.25, 0.3) is 0 Å². The van der Waals surface area contributed by atoms with Crippen molar-refractivity contribution in [1.82, 2.24) is 9.55 Å². The van der Waals surface area contributed by atoms with Crippen LogP contribution in [0.5, 0.6) is 0 Å². The number of fused-ring (bicyclic) bond motifs is 1. The van der Waals surface area contributed by atoms with E-state index in [1.807, 2.05) is 12.1 Å². The first kappa shape index (κ1) is 13.2. The van der Waals surface area contributed by atoms with Crippen LogP contribution in [-0.4, -0.2) is 21.3 Å². The maximum atomic E-state index is 11.4. The Morgan fingerprint density at radius 3 is 2.89 bits per heavy atom. The minimum absolute atomic E-state index is 0.423. The molecule has 1 aromatic heterocycles. The second-order valence-corrected chi connectivity index (χ2v) is 4.81. The molecule has 2 rings (SSSR count). The number of halogens is 2. The summed E-state index contributed by atoms with van der Waals surface area (Å²) in [5.41, 5.74) is 6.84. The molecule has 0 aliphatic heterocycles. The number of para-hydroxylation sites is 1. The smallest absolute Gasteiger partial charge is 0.240 e. The number of nitrogens with two attached hydrogens (primary N) is 1. The number of amides is 1. The molecule has 0 radical (unpaired) electrons. The molecule has 0 fully saturated rings. The lowest BCUT2D eigenvalue weighted by atomic mass is 10.2. The fraction of sp³-hybridized carbons (Fsp3) is 0.333. The van der Waals surface area contributed by atoms with Gasteiger partial charge in [-0.1, -0.05) is 17.7 Å². The van der Waals surface area contributed by atoms with E-state index in [1.165, 1.54) is 0 Å². The molecular formula is C12H13Cl2N3O. The summed E-state index contributed by atoms with van der Waals surface area (Å²) in [4.78, 5) is 15.9. The number of alkyl halides is 1. The Hall–Kier alpha value is -1.26. The molecule has 0 spiro atoms. The zero-order chi connectivity index (χ0) is 13.3. The van der Waals surface area contributed by atoms with Gasteiger partial charge in [-0.05, 0) is 19.1 Å². The number of carbonyl (C=O) groups excluding carboxylic acids is 1. The van der Waals surface area contributed by atoms with E-state index in [1.54, 1.807) is 17.6 Å². The first-order valence-corrected chi connectivity index (χ1v) is 6.48. The standard InChI is InChI=1S/C12H13Cl2N3O/c1-7(12(15)18)17-10(5-6-13)16-9-4-2-3-8(14)11(9)17/h2-4,7H,5-6H2,1H3,(H2,15,18). The van der Waals surface area contributed by atoms with Gasteiger partial charge in [-0.15, -0.1) is 11.6 Å². The third-order valence-corrected chi connectivity index (χ3v) is 3.35. The molecule has 1 heterocycles. The Kier molecular flexibility index (Phi) is 3.78. The van der Waals surface area contributed by atoms with Gasteiger partial charge in [-0.25, -0.2) is 4.98 Å². The molecule has 1 amide bonds. The van der Waals surface area contributed by atoms with Crippen LogP contribution in [0.2, 0.25) is 5.02 Å². The number of imidazole rings is 1. The summed E-state index contributed by atoms with van der Waals surface area (Å²) >= 11 is 11.9. The Bertz CT molecular complexity index is 594. The molecule has 0 saturated carbocycles. The zero-order valence-corrected chi connectivity index (χ0v) is 11.4. The second-order valence-electron chi connectivity index (χ2n) is 4.02. The highest BCUT2D eigenvalue weighted by Gasteiger charge is 2.20. The van der Waals surface area contributed by atoms with Gasteiger partial charge in [0.2, 0.25) is 5.91 Å². The summed E-state index contributed by atoms with van der Waals surface area (Å²) < 4.78 is 1.77. The van der Waals surface area contributed by atoms with E-state index in [4.69, 9.17) is 28.9 Å². The minimum atomic E-state index is -0.506. The van der Waals surface area contributed by atoms with Crippen molar-refractivity contribution in [2.24, 2.45) is 5.73 Å². The number of benzene rings is 1. The van der Waals surface area contributed by atoms with E-state index in [-0.39, 0.29) is 0 Å². The van der Waals surface area contributed by atoms with Gasteiger partial charge in [0.1, 0.15) is 11.9 Å². The number of carbonyl (C=O) groups is 1. The molecule has 1 atom stereocenters. The van der Waals surface area contributed by atoms with E-state index in [2.05, 4.69) is 4.98 Å². The molecule has 4 nitrogen and oxygen atoms in total. The topological polar surface area (TPSA) is 60.9 Å². The predicted molar refractivity (Wildman–Crippen MR) is 73.1 cm³/mol. The Morgan fingerprint density at radius 1 is 1.56 bits per heavy atom. The van der Waals surface area contributed by atoms with E-state index >= 15 is 0 Å². The maximum absolute atomic E-state index is 11.4. The molecule has 0 aliphatic rings. The number of nitrogens with zero attached hydrogens (tertiary/aromatic N) is 2. The van der Waals surface area contributed by atoms with Crippen LogP contribution in [0.25, 0.3) is 11.0 Å². The summed E-state index contributed by atoms with van der Waals surface area (Å²) in [6.07, 6.45) is 0.560. The molecule has 0 aliphatic carbocycles. The first-order chi connectivity index (χ1) is 8.56. The molecule has 18 heavy (non-hydrogen) atoms. The number of primary amides is 1. The summed E-state index contributed by atoms with van der Waals surface area (Å²) in [5, 5.41) is 0.550. The van der Waals surface area contributed by atoms with Gasteiger partial charge in [-0.3, -0.25) is 4.79 Å². The number of hydrogen-bond donors (Lipinski definition) is 1. The predicted octanol–water partition coefficient (Wildman–Crippen LogP) is 2.52. The lowest BCUT2D eigenvalue weighted by Crippen LogP contribution is -2.25. The molecule has 96 valence electrons. The molecule has 6 heteroatoms. The fourth-order valence-corrected chi connectivity index (χ4v) is 2.39. The molecule has 1 unspecified atom stereocenters. The van der Waals surface area contributed by atoms with Crippen LogP contribution in [0.15, 0.2) is 18.2 Å². The molecule has 1 aromatic carbocycles. The van der Waals surface area contributed by atoms with Crippen LogP contribution >= 0.6 is 23.2 Å². The van der Waals surface area contributed by atoms with Crippen molar-refractivity contribution >= 4 is 40.1 Å². The van der Waals surface area contributed by atoms with Crippen molar-refractivity contribution in [2.75, 3.05) is 5.88 Å². The fourth-order valence-electron chi connectivity index (χ4n) is 1.96. The first-order valence-electron chi connectivity index (χ1n) is 5.57. The summed E-state index contributed by atoms with van der Waals surface area (Å²) in [5.74, 6) is 0.719. The van der Waals surface area contributed by atoms with Crippen LogP contribution < -0.4 is 5.73 Å². The highest BCUT2D eigenvalue weighted by atomic mass is 35.5. The minimum Gasteiger partial charge on any atom is -0.368 e. The van der Waals surface area contributed by atoms with Crippen molar-refractivity contribution in [3.8, 4) is 0 Å². The quantitative estimate of drug-likeness (QED) is 0.878. The number of rotatable bonds is 4. The van der Waals surface area contributed by atoms with Gasteiger partial charge < -0.3 is 10.3 Å². The van der Waals surface area contributed by atoms with Crippen LogP contribution in [0.1, 0.15) is 18.8 Å². The Balaban J connectivity index is 2.72.